The number of fused-ring (bicyclic) bond motifs is 3. The molecule has 3 nitrogen and oxygen atoms in total. The van der Waals surface area contributed by atoms with Crippen molar-refractivity contribution in [1.29, 1.82) is 0 Å². The third-order valence-electron chi connectivity index (χ3n) is 3.98. The van der Waals surface area contributed by atoms with Crippen LogP contribution in [0.2, 0.25) is 0 Å². The zero-order valence-electron chi connectivity index (χ0n) is 8.78. The second-order valence-corrected chi connectivity index (χ2v) is 4.65. The van der Waals surface area contributed by atoms with Gasteiger partial charge in [-0.2, -0.15) is 0 Å². The van der Waals surface area contributed by atoms with Crippen molar-refractivity contribution in [2.45, 2.75) is 26.2 Å². The lowest BCUT2D eigenvalue weighted by Gasteiger charge is -2.46. The maximum atomic E-state index is 11.1. The highest BCUT2D eigenvalue weighted by atomic mass is 16.4. The molecule has 14 heavy (non-hydrogen) atoms. The Morgan fingerprint density at radius 2 is 2.14 bits per heavy atom. The van der Waals surface area contributed by atoms with E-state index in [0.717, 1.165) is 13.0 Å². The monoisotopic (exact) mass is 197 g/mol. The van der Waals surface area contributed by atoms with Crippen molar-refractivity contribution in [3.63, 3.8) is 0 Å². The van der Waals surface area contributed by atoms with Crippen molar-refractivity contribution in [3.05, 3.63) is 0 Å². The molecule has 3 aliphatic heterocycles. The Balaban J connectivity index is 2.06. The van der Waals surface area contributed by atoms with Crippen molar-refractivity contribution >= 4 is 5.97 Å². The maximum absolute atomic E-state index is 11.1. The van der Waals surface area contributed by atoms with Gasteiger partial charge in [0.2, 0.25) is 0 Å². The molecule has 3 rings (SSSR count). The van der Waals surface area contributed by atoms with Gasteiger partial charge in [0, 0.05) is 6.54 Å². The lowest BCUT2D eigenvalue weighted by molar-refractivity contribution is -0.147. The molecular formula is C11H19NO2. The normalized spacial score (nSPS) is 38.2. The van der Waals surface area contributed by atoms with Gasteiger partial charge in [0.15, 0.2) is 0 Å². The van der Waals surface area contributed by atoms with Gasteiger partial charge in [-0.3, -0.25) is 4.79 Å². The van der Waals surface area contributed by atoms with Gasteiger partial charge in [-0.1, -0.05) is 6.92 Å². The summed E-state index contributed by atoms with van der Waals surface area (Å²) in [6, 6.07) is 0. The van der Waals surface area contributed by atoms with Crippen molar-refractivity contribution in [3.8, 4) is 0 Å². The SMILES string of the molecule is CCC(C(=O)O)C1CN2CCC1CC2. The van der Waals surface area contributed by atoms with E-state index >= 15 is 0 Å². The van der Waals surface area contributed by atoms with Crippen LogP contribution in [-0.2, 0) is 4.79 Å². The summed E-state index contributed by atoms with van der Waals surface area (Å²) >= 11 is 0. The van der Waals surface area contributed by atoms with Crippen LogP contribution in [0.4, 0.5) is 0 Å². The van der Waals surface area contributed by atoms with Gasteiger partial charge < -0.3 is 10.0 Å². The summed E-state index contributed by atoms with van der Waals surface area (Å²) in [6.07, 6.45) is 3.22. The van der Waals surface area contributed by atoms with Crippen molar-refractivity contribution in [1.82, 2.24) is 4.90 Å². The van der Waals surface area contributed by atoms with Crippen LogP contribution in [0.25, 0.3) is 0 Å². The lowest BCUT2D eigenvalue weighted by Crippen LogP contribution is -2.50. The number of carboxylic acid groups (broad SMARTS) is 1. The number of hydrogen-bond donors (Lipinski definition) is 1. The van der Waals surface area contributed by atoms with E-state index in [4.69, 9.17) is 5.11 Å². The summed E-state index contributed by atoms with van der Waals surface area (Å²) in [7, 11) is 0. The van der Waals surface area contributed by atoms with E-state index in [9.17, 15) is 4.79 Å². The second kappa shape index (κ2) is 3.89. The zero-order valence-corrected chi connectivity index (χ0v) is 8.78. The van der Waals surface area contributed by atoms with E-state index in [1.165, 1.54) is 25.9 Å². The molecule has 3 heteroatoms. The average molecular weight is 197 g/mol. The lowest BCUT2D eigenvalue weighted by atomic mass is 9.72. The highest BCUT2D eigenvalue weighted by Crippen LogP contribution is 2.37. The summed E-state index contributed by atoms with van der Waals surface area (Å²) < 4.78 is 0. The molecule has 0 aromatic heterocycles. The average Bonchev–Trinajstić information content (AvgIpc) is 2.20. The molecule has 2 atom stereocenters. The number of nitrogens with zero attached hydrogens (tertiary/aromatic N) is 1. The highest BCUT2D eigenvalue weighted by molar-refractivity contribution is 5.70. The fraction of sp³-hybridized carbons (Fsp3) is 0.909. The van der Waals surface area contributed by atoms with Gasteiger partial charge in [-0.25, -0.2) is 0 Å². The molecule has 2 unspecified atom stereocenters. The van der Waals surface area contributed by atoms with E-state index in [1.807, 2.05) is 6.92 Å². The Morgan fingerprint density at radius 3 is 2.50 bits per heavy atom. The van der Waals surface area contributed by atoms with Gasteiger partial charge in [0.1, 0.15) is 0 Å². The number of piperidine rings is 3. The van der Waals surface area contributed by atoms with Crippen LogP contribution in [0, 0.1) is 17.8 Å². The van der Waals surface area contributed by atoms with Gasteiger partial charge in [0.05, 0.1) is 5.92 Å². The third kappa shape index (κ3) is 1.65. The molecule has 3 fully saturated rings. The predicted octanol–water partition coefficient (Wildman–Crippen LogP) is 1.44. The number of hydrogen-bond acceptors (Lipinski definition) is 2. The summed E-state index contributed by atoms with van der Waals surface area (Å²) in [4.78, 5) is 13.5. The van der Waals surface area contributed by atoms with E-state index in [2.05, 4.69) is 4.90 Å². The molecular weight excluding hydrogens is 178 g/mol. The minimum Gasteiger partial charge on any atom is -0.481 e. The first kappa shape index (κ1) is 9.97. The Bertz CT molecular complexity index is 221. The van der Waals surface area contributed by atoms with Crippen LogP contribution in [-0.4, -0.2) is 35.6 Å². The standard InChI is InChI=1S/C11H19NO2/c1-2-9(11(13)14)10-7-12-5-3-8(10)4-6-12/h8-10H,2-7H2,1H3,(H,13,14). The molecule has 0 saturated carbocycles. The first-order valence-corrected chi connectivity index (χ1v) is 5.67. The molecule has 2 bridgehead atoms. The Labute approximate surface area is 85.1 Å². The Kier molecular flexibility index (Phi) is 2.77. The first-order chi connectivity index (χ1) is 6.72. The molecule has 0 radical (unpaired) electrons. The molecule has 3 heterocycles. The fourth-order valence-corrected chi connectivity index (χ4v) is 3.13. The van der Waals surface area contributed by atoms with Crippen LogP contribution in [0.1, 0.15) is 26.2 Å². The minimum atomic E-state index is -0.591. The molecule has 3 saturated heterocycles. The number of carboxylic acids is 1. The smallest absolute Gasteiger partial charge is 0.306 e. The molecule has 0 aromatic rings. The molecule has 1 N–H and O–H groups in total. The second-order valence-electron chi connectivity index (χ2n) is 4.65. The van der Waals surface area contributed by atoms with Crippen LogP contribution < -0.4 is 0 Å². The van der Waals surface area contributed by atoms with Crippen molar-refractivity contribution in [2.75, 3.05) is 19.6 Å². The molecule has 80 valence electrons. The van der Waals surface area contributed by atoms with Gasteiger partial charge in [-0.05, 0) is 44.2 Å². The minimum absolute atomic E-state index is 0.108. The zero-order chi connectivity index (χ0) is 10.1. The van der Waals surface area contributed by atoms with Gasteiger partial charge >= 0.3 is 5.97 Å². The molecule has 0 spiro atoms. The quantitative estimate of drug-likeness (QED) is 0.744. The van der Waals surface area contributed by atoms with Gasteiger partial charge in [-0.15, -0.1) is 0 Å². The van der Waals surface area contributed by atoms with Crippen LogP contribution in [0.3, 0.4) is 0 Å². The summed E-state index contributed by atoms with van der Waals surface area (Å²) in [5, 5.41) is 9.14. The van der Waals surface area contributed by atoms with E-state index in [-0.39, 0.29) is 5.92 Å². The summed E-state index contributed by atoms with van der Waals surface area (Å²) in [5.74, 6) is 0.399. The molecule has 0 aromatic carbocycles. The van der Waals surface area contributed by atoms with Gasteiger partial charge in [0.25, 0.3) is 0 Å². The van der Waals surface area contributed by atoms with E-state index in [0.29, 0.717) is 11.8 Å². The van der Waals surface area contributed by atoms with Crippen molar-refractivity contribution < 1.29 is 9.90 Å². The van der Waals surface area contributed by atoms with E-state index < -0.39 is 5.97 Å². The number of carbonyl (C=O) groups is 1. The largest absolute Gasteiger partial charge is 0.481 e. The summed E-state index contributed by atoms with van der Waals surface area (Å²) in [6.45, 7) is 5.40. The predicted molar refractivity (Wildman–Crippen MR) is 54.1 cm³/mol. The van der Waals surface area contributed by atoms with Crippen molar-refractivity contribution in [2.24, 2.45) is 17.8 Å². The Morgan fingerprint density at radius 1 is 1.50 bits per heavy atom. The maximum Gasteiger partial charge on any atom is 0.306 e. The first-order valence-electron chi connectivity index (χ1n) is 5.67. The fourth-order valence-electron chi connectivity index (χ4n) is 3.13. The Hall–Kier alpha value is -0.570. The number of aliphatic carboxylic acids is 1. The molecule has 0 aliphatic carbocycles. The molecule has 3 aliphatic rings. The number of rotatable bonds is 3. The third-order valence-corrected chi connectivity index (χ3v) is 3.98. The van der Waals surface area contributed by atoms with Crippen LogP contribution >= 0.6 is 0 Å². The molecule has 0 amide bonds. The topological polar surface area (TPSA) is 40.5 Å². The highest BCUT2D eigenvalue weighted by Gasteiger charge is 2.40. The van der Waals surface area contributed by atoms with Crippen LogP contribution in [0.5, 0.6) is 0 Å². The van der Waals surface area contributed by atoms with E-state index in [1.54, 1.807) is 0 Å². The summed E-state index contributed by atoms with van der Waals surface area (Å²) in [5.41, 5.74) is 0. The van der Waals surface area contributed by atoms with Crippen LogP contribution in [0.15, 0.2) is 0 Å².